The lowest BCUT2D eigenvalue weighted by molar-refractivity contribution is -0.0143. The lowest BCUT2D eigenvalue weighted by atomic mass is 9.99. The number of hydrogen-bond donors (Lipinski definition) is 1. The number of likely N-dealkylation sites (tertiary alicyclic amines) is 2. The van der Waals surface area contributed by atoms with Crippen molar-refractivity contribution in [1.29, 1.82) is 0 Å². The highest BCUT2D eigenvalue weighted by atomic mass is 32.1. The van der Waals surface area contributed by atoms with Gasteiger partial charge in [-0.1, -0.05) is 12.8 Å². The highest BCUT2D eigenvalue weighted by Gasteiger charge is 2.32. The molecule has 0 spiro atoms. The van der Waals surface area contributed by atoms with E-state index in [-0.39, 0.29) is 6.10 Å². The Balaban J connectivity index is 1.53. The zero-order chi connectivity index (χ0) is 13.8. The Bertz CT molecular complexity index is 387. The van der Waals surface area contributed by atoms with Crippen LogP contribution >= 0.6 is 11.3 Å². The zero-order valence-electron chi connectivity index (χ0n) is 12.2. The first-order chi connectivity index (χ1) is 9.83. The van der Waals surface area contributed by atoms with E-state index in [2.05, 4.69) is 26.6 Å². The van der Waals surface area contributed by atoms with E-state index >= 15 is 0 Å². The van der Waals surface area contributed by atoms with Crippen molar-refractivity contribution in [3.05, 3.63) is 22.4 Å². The highest BCUT2D eigenvalue weighted by Crippen LogP contribution is 2.22. The molecule has 2 atom stereocenters. The van der Waals surface area contributed by atoms with E-state index in [4.69, 9.17) is 0 Å². The summed E-state index contributed by atoms with van der Waals surface area (Å²) in [6, 6.07) is 2.59. The van der Waals surface area contributed by atoms with Crippen LogP contribution in [-0.4, -0.2) is 53.2 Å². The van der Waals surface area contributed by atoms with Gasteiger partial charge in [0.05, 0.1) is 6.10 Å². The van der Waals surface area contributed by atoms with Crippen molar-refractivity contribution >= 4 is 11.3 Å². The van der Waals surface area contributed by atoms with Gasteiger partial charge in [-0.15, -0.1) is 0 Å². The second-order valence-corrected chi connectivity index (χ2v) is 7.02. The number of nitrogens with zero attached hydrogens (tertiary/aromatic N) is 2. The molecule has 2 saturated heterocycles. The summed E-state index contributed by atoms with van der Waals surface area (Å²) >= 11 is 1.76. The Hall–Kier alpha value is -0.420. The van der Waals surface area contributed by atoms with Crippen molar-refractivity contribution < 1.29 is 5.11 Å². The van der Waals surface area contributed by atoms with E-state index in [0.717, 1.165) is 26.1 Å². The molecule has 3 heterocycles. The quantitative estimate of drug-likeness (QED) is 0.928. The van der Waals surface area contributed by atoms with Gasteiger partial charge in [-0.25, -0.2) is 0 Å². The second kappa shape index (κ2) is 7.03. The first kappa shape index (κ1) is 14.5. The fourth-order valence-electron chi connectivity index (χ4n) is 3.62. The molecule has 3 nitrogen and oxygen atoms in total. The maximum Gasteiger partial charge on any atom is 0.0822 e. The van der Waals surface area contributed by atoms with Crippen molar-refractivity contribution in [3.8, 4) is 0 Å². The molecule has 0 aromatic carbocycles. The first-order valence-corrected chi connectivity index (χ1v) is 8.93. The SMILES string of the molecule is O[C@@H]1CN(Cc2ccsc2)CC[C@H]1N1CCCCCC1. The van der Waals surface area contributed by atoms with Crippen LogP contribution < -0.4 is 0 Å². The summed E-state index contributed by atoms with van der Waals surface area (Å²) in [4.78, 5) is 4.96. The molecule has 0 saturated carbocycles. The summed E-state index contributed by atoms with van der Waals surface area (Å²) in [5.41, 5.74) is 1.38. The van der Waals surface area contributed by atoms with E-state index < -0.39 is 0 Å². The Morgan fingerprint density at radius 3 is 2.60 bits per heavy atom. The molecule has 112 valence electrons. The molecule has 0 amide bonds. The molecular formula is C16H26N2OS. The predicted molar refractivity (Wildman–Crippen MR) is 84.0 cm³/mol. The molecule has 4 heteroatoms. The molecule has 1 N–H and O–H groups in total. The van der Waals surface area contributed by atoms with E-state index in [0.29, 0.717) is 6.04 Å². The molecule has 1 aromatic rings. The van der Waals surface area contributed by atoms with Crippen molar-refractivity contribution in [2.75, 3.05) is 26.2 Å². The van der Waals surface area contributed by atoms with Crippen LogP contribution in [0, 0.1) is 0 Å². The summed E-state index contributed by atoms with van der Waals surface area (Å²) in [7, 11) is 0. The number of rotatable bonds is 3. The van der Waals surface area contributed by atoms with Gasteiger partial charge >= 0.3 is 0 Å². The Kier molecular flexibility index (Phi) is 5.10. The van der Waals surface area contributed by atoms with Gasteiger partial charge in [0.15, 0.2) is 0 Å². The Morgan fingerprint density at radius 1 is 1.15 bits per heavy atom. The third-order valence-corrected chi connectivity index (χ3v) is 5.46. The standard InChI is InChI=1S/C16H26N2OS/c19-16-12-17(11-14-6-10-20-13-14)9-5-15(16)18-7-3-1-2-4-8-18/h6,10,13,15-16,19H,1-5,7-9,11-12H2/t15-,16-/m1/s1. The number of piperidine rings is 1. The molecule has 2 aliphatic rings. The van der Waals surface area contributed by atoms with Crippen LogP contribution in [0.5, 0.6) is 0 Å². The van der Waals surface area contributed by atoms with Gasteiger partial charge in [-0.2, -0.15) is 11.3 Å². The first-order valence-electron chi connectivity index (χ1n) is 7.98. The largest absolute Gasteiger partial charge is 0.390 e. The third kappa shape index (κ3) is 3.61. The topological polar surface area (TPSA) is 26.7 Å². The van der Waals surface area contributed by atoms with Gasteiger partial charge < -0.3 is 5.11 Å². The monoisotopic (exact) mass is 294 g/mol. The van der Waals surface area contributed by atoms with Crippen LogP contribution in [0.4, 0.5) is 0 Å². The molecule has 2 fully saturated rings. The number of thiophene rings is 1. The molecule has 0 bridgehead atoms. The molecule has 0 aliphatic carbocycles. The molecule has 0 unspecified atom stereocenters. The fourth-order valence-corrected chi connectivity index (χ4v) is 4.28. The Morgan fingerprint density at radius 2 is 1.95 bits per heavy atom. The van der Waals surface area contributed by atoms with Crippen molar-refractivity contribution in [2.45, 2.75) is 50.8 Å². The average Bonchev–Trinajstić information content (AvgIpc) is 2.80. The minimum absolute atomic E-state index is 0.180. The van der Waals surface area contributed by atoms with E-state index in [1.165, 1.54) is 44.3 Å². The van der Waals surface area contributed by atoms with Crippen molar-refractivity contribution in [3.63, 3.8) is 0 Å². The summed E-state index contributed by atoms with van der Waals surface area (Å²) in [6.07, 6.45) is 6.28. The van der Waals surface area contributed by atoms with Crippen molar-refractivity contribution in [1.82, 2.24) is 9.80 Å². The highest BCUT2D eigenvalue weighted by molar-refractivity contribution is 7.07. The smallest absolute Gasteiger partial charge is 0.0822 e. The van der Waals surface area contributed by atoms with Gasteiger partial charge in [0.25, 0.3) is 0 Å². The Labute approximate surface area is 126 Å². The van der Waals surface area contributed by atoms with Gasteiger partial charge in [0, 0.05) is 25.7 Å². The van der Waals surface area contributed by atoms with Crippen LogP contribution in [0.3, 0.4) is 0 Å². The average molecular weight is 294 g/mol. The minimum atomic E-state index is -0.180. The number of hydrogen-bond acceptors (Lipinski definition) is 4. The van der Waals surface area contributed by atoms with Gasteiger partial charge in [-0.3, -0.25) is 9.80 Å². The normalized spacial score (nSPS) is 30.2. The number of aliphatic hydroxyl groups is 1. The van der Waals surface area contributed by atoms with E-state index in [9.17, 15) is 5.11 Å². The van der Waals surface area contributed by atoms with Crippen LogP contribution in [0.2, 0.25) is 0 Å². The maximum atomic E-state index is 10.5. The lowest BCUT2D eigenvalue weighted by Crippen LogP contribution is -2.54. The van der Waals surface area contributed by atoms with Gasteiger partial charge in [0.2, 0.25) is 0 Å². The molecule has 3 rings (SSSR count). The van der Waals surface area contributed by atoms with Crippen molar-refractivity contribution in [2.24, 2.45) is 0 Å². The molecular weight excluding hydrogens is 268 g/mol. The van der Waals surface area contributed by atoms with Gasteiger partial charge in [-0.05, 0) is 54.7 Å². The molecule has 1 aromatic heterocycles. The molecule has 2 aliphatic heterocycles. The van der Waals surface area contributed by atoms with Crippen LogP contribution in [0.15, 0.2) is 16.8 Å². The fraction of sp³-hybridized carbons (Fsp3) is 0.750. The van der Waals surface area contributed by atoms with Gasteiger partial charge in [0.1, 0.15) is 0 Å². The summed E-state index contributed by atoms with van der Waals surface area (Å²) in [5.74, 6) is 0. The predicted octanol–water partition coefficient (Wildman–Crippen LogP) is 2.56. The second-order valence-electron chi connectivity index (χ2n) is 6.24. The summed E-state index contributed by atoms with van der Waals surface area (Å²) < 4.78 is 0. The summed E-state index contributed by atoms with van der Waals surface area (Å²) in [5, 5.41) is 14.9. The van der Waals surface area contributed by atoms with Crippen LogP contribution in [0.25, 0.3) is 0 Å². The number of β-amino-alcohol motifs (C(OH)–C–C–N with tert-alkyl or cyclic N) is 1. The zero-order valence-corrected chi connectivity index (χ0v) is 13.0. The molecule has 0 radical (unpaired) electrons. The lowest BCUT2D eigenvalue weighted by Gasteiger charge is -2.41. The summed E-state index contributed by atoms with van der Waals surface area (Å²) in [6.45, 7) is 5.32. The van der Waals surface area contributed by atoms with Crippen LogP contribution in [-0.2, 0) is 6.54 Å². The minimum Gasteiger partial charge on any atom is -0.390 e. The van der Waals surface area contributed by atoms with E-state index in [1.54, 1.807) is 11.3 Å². The number of aliphatic hydroxyl groups excluding tert-OH is 1. The maximum absolute atomic E-state index is 10.5. The molecule has 20 heavy (non-hydrogen) atoms. The van der Waals surface area contributed by atoms with E-state index in [1.807, 2.05) is 0 Å². The third-order valence-electron chi connectivity index (χ3n) is 4.73. The van der Waals surface area contributed by atoms with Crippen LogP contribution in [0.1, 0.15) is 37.7 Å².